The van der Waals surface area contributed by atoms with Gasteiger partial charge in [-0.05, 0) is 31.2 Å². The van der Waals surface area contributed by atoms with Gasteiger partial charge in [0.05, 0.1) is 44.9 Å². The van der Waals surface area contributed by atoms with Crippen LogP contribution in [0.5, 0.6) is 0 Å². The number of hydrogen-bond acceptors (Lipinski definition) is 7. The quantitative estimate of drug-likeness (QED) is 0.213. The number of hydrogen-bond donors (Lipinski definition) is 1. The molecule has 12 heteroatoms. The van der Waals surface area contributed by atoms with Gasteiger partial charge in [-0.2, -0.15) is 0 Å². The van der Waals surface area contributed by atoms with E-state index in [-0.39, 0.29) is 35.1 Å². The van der Waals surface area contributed by atoms with E-state index in [0.29, 0.717) is 21.1 Å². The lowest BCUT2D eigenvalue weighted by atomic mass is 10.2. The number of benzene rings is 2. The summed E-state index contributed by atoms with van der Waals surface area (Å²) in [6, 6.07) is 8.58. The minimum atomic E-state index is -0.668. The second kappa shape index (κ2) is 10.3. The molecule has 1 amide bonds. The summed E-state index contributed by atoms with van der Waals surface area (Å²) in [5.41, 5.74) is 0.211. The van der Waals surface area contributed by atoms with E-state index >= 15 is 0 Å². The third-order valence-corrected chi connectivity index (χ3v) is 6.11. The number of thioether (sulfide) groups is 1. The Morgan fingerprint density at radius 2 is 2.06 bits per heavy atom. The lowest BCUT2D eigenvalue weighted by Gasteiger charge is -2.16. The average Bonchev–Trinajstić information content (AvgIpc) is 2.74. The summed E-state index contributed by atoms with van der Waals surface area (Å²) in [7, 11) is 1.52. The first-order valence-electron chi connectivity index (χ1n) is 9.31. The molecule has 1 heterocycles. The summed E-state index contributed by atoms with van der Waals surface area (Å²) in [6.45, 7) is 2.19. The van der Waals surface area contributed by atoms with E-state index in [4.69, 9.17) is 27.9 Å². The second-order valence-corrected chi connectivity index (χ2v) is 8.83. The molecule has 0 aliphatic heterocycles. The number of ether oxygens (including phenoxy) is 1. The van der Waals surface area contributed by atoms with Gasteiger partial charge in [0.2, 0.25) is 5.91 Å². The predicted molar refractivity (Wildman–Crippen MR) is 125 cm³/mol. The zero-order valence-electron chi connectivity index (χ0n) is 17.0. The summed E-state index contributed by atoms with van der Waals surface area (Å²) in [5.74, 6) is -0.413. The van der Waals surface area contributed by atoms with Crippen LogP contribution in [-0.2, 0) is 16.1 Å². The third kappa shape index (κ3) is 5.39. The molecule has 0 bridgehead atoms. The van der Waals surface area contributed by atoms with Crippen LogP contribution in [0.4, 0.5) is 11.4 Å². The number of non-ortho nitro benzene ring substituents is 1. The third-order valence-electron chi connectivity index (χ3n) is 4.47. The van der Waals surface area contributed by atoms with Crippen LogP contribution in [0, 0.1) is 10.1 Å². The molecule has 9 nitrogen and oxygen atoms in total. The topological polar surface area (TPSA) is 116 Å². The fourth-order valence-corrected chi connectivity index (χ4v) is 4.13. The van der Waals surface area contributed by atoms with Gasteiger partial charge < -0.3 is 10.1 Å². The Hall–Kier alpha value is -2.66. The van der Waals surface area contributed by atoms with Gasteiger partial charge in [-0.15, -0.1) is 0 Å². The van der Waals surface area contributed by atoms with Crippen LogP contribution >= 0.6 is 35.0 Å². The SMILES string of the molecule is COCCn1c(SC(C)C(=O)Nc2ccc([N+](=O)[O-])cc2Cl)nc2cc(Cl)ccc2c1=O. The van der Waals surface area contributed by atoms with Crippen LogP contribution in [0.2, 0.25) is 10.0 Å². The van der Waals surface area contributed by atoms with Crippen molar-refractivity contribution in [3.63, 3.8) is 0 Å². The molecule has 1 aromatic heterocycles. The monoisotopic (exact) mass is 496 g/mol. The molecule has 0 saturated heterocycles. The molecule has 0 saturated carbocycles. The van der Waals surface area contributed by atoms with Crippen LogP contribution in [0.25, 0.3) is 10.9 Å². The lowest BCUT2D eigenvalue weighted by molar-refractivity contribution is -0.384. The van der Waals surface area contributed by atoms with Crippen molar-refractivity contribution in [1.82, 2.24) is 9.55 Å². The highest BCUT2D eigenvalue weighted by molar-refractivity contribution is 8.00. The highest BCUT2D eigenvalue weighted by atomic mass is 35.5. The molecule has 3 rings (SSSR count). The van der Waals surface area contributed by atoms with Crippen molar-refractivity contribution in [1.29, 1.82) is 0 Å². The van der Waals surface area contributed by atoms with Crippen LogP contribution in [0.3, 0.4) is 0 Å². The minimum absolute atomic E-state index is 0.0419. The Morgan fingerprint density at radius 3 is 2.72 bits per heavy atom. The number of nitrogens with zero attached hydrogens (tertiary/aromatic N) is 3. The predicted octanol–water partition coefficient (Wildman–Crippen LogP) is 4.38. The number of nitro benzene ring substituents is 1. The molecule has 2 aromatic carbocycles. The Kier molecular flexibility index (Phi) is 7.73. The first kappa shape index (κ1) is 24.0. The van der Waals surface area contributed by atoms with Gasteiger partial charge in [0.1, 0.15) is 0 Å². The Balaban J connectivity index is 1.88. The number of aromatic nitrogens is 2. The number of carbonyl (C=O) groups is 1. The maximum absolute atomic E-state index is 13.0. The molecular weight excluding hydrogens is 479 g/mol. The number of amides is 1. The van der Waals surface area contributed by atoms with E-state index in [1.807, 2.05) is 0 Å². The Morgan fingerprint density at radius 1 is 1.31 bits per heavy atom. The molecule has 3 aromatic rings. The van der Waals surface area contributed by atoms with Gasteiger partial charge in [-0.3, -0.25) is 24.3 Å². The van der Waals surface area contributed by atoms with Crippen molar-refractivity contribution < 1.29 is 14.5 Å². The highest BCUT2D eigenvalue weighted by Gasteiger charge is 2.21. The van der Waals surface area contributed by atoms with Crippen molar-refractivity contribution in [3.8, 4) is 0 Å². The fourth-order valence-electron chi connectivity index (χ4n) is 2.81. The molecule has 0 spiro atoms. The maximum atomic E-state index is 13.0. The van der Waals surface area contributed by atoms with Crippen LogP contribution < -0.4 is 10.9 Å². The number of anilines is 1. The van der Waals surface area contributed by atoms with Crippen molar-refractivity contribution in [2.75, 3.05) is 19.0 Å². The number of fused-ring (bicyclic) bond motifs is 1. The van der Waals surface area contributed by atoms with E-state index in [9.17, 15) is 19.7 Å². The Bertz CT molecular complexity index is 1250. The summed E-state index contributed by atoms with van der Waals surface area (Å²) in [5, 5.41) is 14.0. The van der Waals surface area contributed by atoms with Gasteiger partial charge in [0, 0.05) is 24.3 Å². The van der Waals surface area contributed by atoms with Gasteiger partial charge in [0.25, 0.3) is 11.2 Å². The average molecular weight is 497 g/mol. The number of halogens is 2. The van der Waals surface area contributed by atoms with E-state index in [0.717, 1.165) is 17.8 Å². The molecule has 1 N–H and O–H groups in total. The number of methoxy groups -OCH3 is 1. The largest absolute Gasteiger partial charge is 0.383 e. The van der Waals surface area contributed by atoms with Crippen molar-refractivity contribution in [2.45, 2.75) is 23.9 Å². The van der Waals surface area contributed by atoms with Gasteiger partial charge >= 0.3 is 0 Å². The second-order valence-electron chi connectivity index (χ2n) is 6.68. The van der Waals surface area contributed by atoms with Crippen molar-refractivity contribution >= 4 is 63.1 Å². The van der Waals surface area contributed by atoms with Crippen LogP contribution in [0.15, 0.2) is 46.3 Å². The molecule has 0 aliphatic carbocycles. The zero-order valence-corrected chi connectivity index (χ0v) is 19.3. The smallest absolute Gasteiger partial charge is 0.271 e. The van der Waals surface area contributed by atoms with E-state index in [1.165, 1.54) is 23.8 Å². The lowest BCUT2D eigenvalue weighted by Crippen LogP contribution is -2.28. The van der Waals surface area contributed by atoms with Crippen molar-refractivity contribution in [3.05, 3.63) is 66.9 Å². The van der Waals surface area contributed by atoms with Crippen LogP contribution in [0.1, 0.15) is 6.92 Å². The fraction of sp³-hybridized carbons (Fsp3) is 0.250. The van der Waals surface area contributed by atoms with Crippen LogP contribution in [-0.4, -0.2) is 39.3 Å². The number of rotatable bonds is 8. The maximum Gasteiger partial charge on any atom is 0.271 e. The number of nitrogens with one attached hydrogen (secondary N) is 1. The highest BCUT2D eigenvalue weighted by Crippen LogP contribution is 2.29. The van der Waals surface area contributed by atoms with E-state index < -0.39 is 16.1 Å². The molecule has 0 fully saturated rings. The minimum Gasteiger partial charge on any atom is -0.383 e. The normalized spacial score (nSPS) is 12.0. The van der Waals surface area contributed by atoms with E-state index in [1.54, 1.807) is 25.1 Å². The molecule has 1 unspecified atom stereocenters. The molecular formula is C20H18Cl2N4O5S. The number of carbonyl (C=O) groups excluding carboxylic acids is 1. The standard InChI is InChI=1S/C20H18Cl2N4O5S/c1-11(18(27)23-16-6-4-13(26(29)30)10-15(16)22)32-20-24-17-9-12(21)3-5-14(17)19(28)25(20)7-8-31-2/h3-6,9-11H,7-8H2,1-2H3,(H,23,27). The van der Waals surface area contributed by atoms with E-state index in [2.05, 4.69) is 10.3 Å². The van der Waals surface area contributed by atoms with Gasteiger partial charge in [-0.1, -0.05) is 35.0 Å². The molecule has 0 radical (unpaired) electrons. The Labute approximate surface area is 196 Å². The molecule has 0 aliphatic rings. The first-order valence-corrected chi connectivity index (χ1v) is 11.0. The van der Waals surface area contributed by atoms with Crippen molar-refractivity contribution in [2.24, 2.45) is 0 Å². The number of nitro groups is 1. The van der Waals surface area contributed by atoms with Gasteiger partial charge in [0.15, 0.2) is 5.16 Å². The van der Waals surface area contributed by atoms with Gasteiger partial charge in [-0.25, -0.2) is 4.98 Å². The summed E-state index contributed by atoms with van der Waals surface area (Å²) in [4.78, 5) is 40.5. The summed E-state index contributed by atoms with van der Waals surface area (Å²) >= 11 is 13.2. The molecule has 168 valence electrons. The molecule has 1 atom stereocenters. The summed E-state index contributed by atoms with van der Waals surface area (Å²) < 4.78 is 6.55. The first-order chi connectivity index (χ1) is 15.2. The molecule has 32 heavy (non-hydrogen) atoms. The summed E-state index contributed by atoms with van der Waals surface area (Å²) in [6.07, 6.45) is 0. The zero-order chi connectivity index (χ0) is 23.4.